The first-order chi connectivity index (χ1) is 4.10. The minimum Gasteiger partial charge on any atom is -0.357 e. The molecule has 54 valence electrons. The molecule has 0 aromatic carbocycles. The van der Waals surface area contributed by atoms with Crippen molar-refractivity contribution in [2.45, 2.75) is 24.0 Å². The van der Waals surface area contributed by atoms with Gasteiger partial charge < -0.3 is 15.6 Å². The van der Waals surface area contributed by atoms with Crippen LogP contribution in [0, 0.1) is 0 Å². The van der Waals surface area contributed by atoms with Crippen molar-refractivity contribution in [3.63, 3.8) is 0 Å². The Balaban J connectivity index is 2.41. The van der Waals surface area contributed by atoms with Crippen molar-refractivity contribution in [2.75, 3.05) is 6.61 Å². The topological polar surface area (TPSA) is 55.5 Å². The lowest BCUT2D eigenvalue weighted by atomic mass is 10.1. The fourth-order valence-electron chi connectivity index (χ4n) is 0.876. The third-order valence-corrected chi connectivity index (χ3v) is 1.66. The number of ether oxygens (including phenoxy) is 1. The minimum absolute atomic E-state index is 0.0289. The summed E-state index contributed by atoms with van der Waals surface area (Å²) in [5.74, 6) is 0. The molecule has 1 rings (SSSR count). The lowest BCUT2D eigenvalue weighted by molar-refractivity contribution is -0.156. The van der Waals surface area contributed by atoms with E-state index >= 15 is 0 Å². The van der Waals surface area contributed by atoms with Crippen LogP contribution in [0.25, 0.3) is 0 Å². The number of nitrogens with two attached hydrogens (primary N) is 1. The zero-order valence-electron chi connectivity index (χ0n) is 5.08. The highest BCUT2D eigenvalue weighted by Gasteiger charge is 2.29. The van der Waals surface area contributed by atoms with Crippen molar-refractivity contribution in [2.24, 2.45) is 5.73 Å². The van der Waals surface area contributed by atoms with Gasteiger partial charge in [-0.3, -0.25) is 0 Å². The molecule has 1 aliphatic rings. The van der Waals surface area contributed by atoms with E-state index in [1.165, 1.54) is 0 Å². The van der Waals surface area contributed by atoms with E-state index in [0.717, 1.165) is 6.42 Å². The third-order valence-electron chi connectivity index (χ3n) is 1.35. The van der Waals surface area contributed by atoms with Gasteiger partial charge in [-0.1, -0.05) is 0 Å². The molecule has 0 radical (unpaired) electrons. The fourth-order valence-corrected chi connectivity index (χ4v) is 1.20. The lowest BCUT2D eigenvalue weighted by Gasteiger charge is -2.30. The Morgan fingerprint density at radius 2 is 2.44 bits per heavy atom. The predicted octanol–water partition coefficient (Wildman–Crippen LogP) is -0.300. The summed E-state index contributed by atoms with van der Waals surface area (Å²) in [5.41, 5.74) is 5.52. The van der Waals surface area contributed by atoms with Crippen LogP contribution < -0.4 is 5.73 Å². The second-order valence-corrected chi connectivity index (χ2v) is 3.04. The van der Waals surface area contributed by atoms with Gasteiger partial charge in [0.2, 0.25) is 5.12 Å². The first-order valence-corrected chi connectivity index (χ1v) is 3.39. The number of rotatable bonds is 0. The molecule has 0 aromatic rings. The summed E-state index contributed by atoms with van der Waals surface area (Å²) in [6.45, 7) is 0.501. The Labute approximate surface area is 59.6 Å². The Hall–Kier alpha value is 0.230. The van der Waals surface area contributed by atoms with E-state index in [1.54, 1.807) is 0 Å². The van der Waals surface area contributed by atoms with E-state index in [1.807, 2.05) is 0 Å². The molecule has 3 N–H and O–H groups in total. The molecule has 0 saturated carbocycles. The molecule has 1 saturated heterocycles. The third kappa shape index (κ3) is 2.14. The summed E-state index contributed by atoms with van der Waals surface area (Å²) in [4.78, 5) is 0. The number of thiol groups is 1. The second kappa shape index (κ2) is 2.46. The Bertz CT molecular complexity index is 107. The van der Waals surface area contributed by atoms with Crippen molar-refractivity contribution in [1.82, 2.24) is 0 Å². The molecule has 0 aromatic heterocycles. The Kier molecular flexibility index (Phi) is 2.00. The van der Waals surface area contributed by atoms with E-state index in [9.17, 15) is 0 Å². The Morgan fingerprint density at radius 1 is 1.78 bits per heavy atom. The van der Waals surface area contributed by atoms with Gasteiger partial charge in [0, 0.05) is 12.5 Å². The monoisotopic (exact) mass is 149 g/mol. The average molecular weight is 149 g/mol. The summed E-state index contributed by atoms with van der Waals surface area (Å²) in [7, 11) is 0. The zero-order chi connectivity index (χ0) is 6.91. The van der Waals surface area contributed by atoms with Crippen LogP contribution in [-0.4, -0.2) is 22.9 Å². The van der Waals surface area contributed by atoms with Gasteiger partial charge in [-0.2, -0.15) is 0 Å². The smallest absolute Gasteiger partial charge is 0.214 e. The van der Waals surface area contributed by atoms with Crippen LogP contribution in [0.3, 0.4) is 0 Å². The Morgan fingerprint density at radius 3 is 2.78 bits per heavy atom. The fraction of sp³-hybridized carbons (Fsp3) is 1.00. The van der Waals surface area contributed by atoms with Crippen LogP contribution in [-0.2, 0) is 4.74 Å². The van der Waals surface area contributed by atoms with E-state index in [2.05, 4.69) is 12.6 Å². The van der Waals surface area contributed by atoms with Gasteiger partial charge in [0.1, 0.15) is 0 Å². The number of hydrogen-bond acceptors (Lipinski definition) is 4. The van der Waals surface area contributed by atoms with Crippen molar-refractivity contribution in [3.05, 3.63) is 0 Å². The van der Waals surface area contributed by atoms with Crippen LogP contribution in [0.4, 0.5) is 0 Å². The van der Waals surface area contributed by atoms with Gasteiger partial charge in [0.05, 0.1) is 6.61 Å². The average Bonchev–Trinajstić information content (AvgIpc) is 1.60. The number of aliphatic hydroxyl groups is 1. The molecule has 2 unspecified atom stereocenters. The highest BCUT2D eigenvalue weighted by atomic mass is 32.1. The van der Waals surface area contributed by atoms with E-state index < -0.39 is 5.12 Å². The van der Waals surface area contributed by atoms with Crippen LogP contribution in [0.15, 0.2) is 0 Å². The maximum Gasteiger partial charge on any atom is 0.214 e. The van der Waals surface area contributed by atoms with Gasteiger partial charge in [0.25, 0.3) is 0 Å². The summed E-state index contributed by atoms with van der Waals surface area (Å²) in [6, 6.07) is 0.0289. The first-order valence-electron chi connectivity index (χ1n) is 2.94. The molecular weight excluding hydrogens is 138 g/mol. The van der Waals surface area contributed by atoms with Crippen LogP contribution >= 0.6 is 12.6 Å². The standard InChI is InChI=1S/C5H11NO2S/c6-4-1-2-8-5(7,9)3-4/h4,7,9H,1-3,6H2. The molecule has 1 heterocycles. The van der Waals surface area contributed by atoms with Crippen LogP contribution in [0.5, 0.6) is 0 Å². The summed E-state index contributed by atoms with van der Waals surface area (Å²) < 4.78 is 4.88. The lowest BCUT2D eigenvalue weighted by Crippen LogP contribution is -2.41. The van der Waals surface area contributed by atoms with E-state index in [4.69, 9.17) is 15.6 Å². The molecule has 4 heteroatoms. The summed E-state index contributed by atoms with van der Waals surface area (Å²) >= 11 is 3.83. The van der Waals surface area contributed by atoms with Gasteiger partial charge in [-0.15, -0.1) is 12.6 Å². The SMILES string of the molecule is NC1CCOC(O)(S)C1. The van der Waals surface area contributed by atoms with Crippen LogP contribution in [0.2, 0.25) is 0 Å². The number of hydrogen-bond donors (Lipinski definition) is 3. The molecule has 9 heavy (non-hydrogen) atoms. The summed E-state index contributed by atoms with van der Waals surface area (Å²) in [6.07, 6.45) is 1.22. The molecule has 1 aliphatic heterocycles. The predicted molar refractivity (Wildman–Crippen MR) is 37.1 cm³/mol. The van der Waals surface area contributed by atoms with Crippen molar-refractivity contribution in [1.29, 1.82) is 0 Å². The molecule has 0 aliphatic carbocycles. The largest absolute Gasteiger partial charge is 0.357 e. The quantitative estimate of drug-likeness (QED) is 0.327. The molecule has 0 amide bonds. The summed E-state index contributed by atoms with van der Waals surface area (Å²) in [5, 5.41) is 7.83. The first kappa shape index (κ1) is 7.34. The normalized spacial score (nSPS) is 45.0. The maximum absolute atomic E-state index is 9.11. The van der Waals surface area contributed by atoms with Gasteiger partial charge in [-0.05, 0) is 6.42 Å². The molecule has 1 fully saturated rings. The second-order valence-electron chi connectivity index (χ2n) is 2.34. The minimum atomic E-state index is -1.28. The molecule has 0 spiro atoms. The van der Waals surface area contributed by atoms with Gasteiger partial charge in [0.15, 0.2) is 0 Å². The highest BCUT2D eigenvalue weighted by Crippen LogP contribution is 2.24. The maximum atomic E-state index is 9.11. The highest BCUT2D eigenvalue weighted by molar-refractivity contribution is 7.81. The molecule has 0 bridgehead atoms. The van der Waals surface area contributed by atoms with E-state index in [-0.39, 0.29) is 6.04 Å². The van der Waals surface area contributed by atoms with Crippen molar-refractivity contribution < 1.29 is 9.84 Å². The van der Waals surface area contributed by atoms with Crippen molar-refractivity contribution >= 4 is 12.6 Å². The van der Waals surface area contributed by atoms with Crippen molar-refractivity contribution in [3.8, 4) is 0 Å². The molecular formula is C5H11NO2S. The van der Waals surface area contributed by atoms with E-state index in [0.29, 0.717) is 13.0 Å². The van der Waals surface area contributed by atoms with Gasteiger partial charge >= 0.3 is 0 Å². The molecule has 3 nitrogen and oxygen atoms in total. The van der Waals surface area contributed by atoms with Gasteiger partial charge in [-0.25, -0.2) is 0 Å². The molecule has 2 atom stereocenters. The van der Waals surface area contributed by atoms with Crippen LogP contribution in [0.1, 0.15) is 12.8 Å². The zero-order valence-corrected chi connectivity index (χ0v) is 5.97.